The summed E-state index contributed by atoms with van der Waals surface area (Å²) in [5, 5.41) is 3.25. The Morgan fingerprint density at radius 2 is 1.87 bits per heavy atom. The third kappa shape index (κ3) is 4.94. The van der Waals surface area contributed by atoms with Gasteiger partial charge in [-0.1, -0.05) is 39.7 Å². The molecular weight excluding hydrogens is 385 g/mol. The first-order chi connectivity index (χ1) is 10.9. The lowest BCUT2D eigenvalue weighted by Gasteiger charge is -2.19. The molecule has 3 nitrogen and oxygen atoms in total. The maximum absolute atomic E-state index is 12.9. The van der Waals surface area contributed by atoms with Gasteiger partial charge in [0.15, 0.2) is 6.10 Å². The van der Waals surface area contributed by atoms with Gasteiger partial charge >= 0.3 is 0 Å². The predicted molar refractivity (Wildman–Crippen MR) is 92.2 cm³/mol. The Hall–Kier alpha value is -1.59. The summed E-state index contributed by atoms with van der Waals surface area (Å²) < 4.78 is 19.3. The van der Waals surface area contributed by atoms with Crippen molar-refractivity contribution < 1.29 is 13.9 Å². The number of halogens is 3. The molecule has 23 heavy (non-hydrogen) atoms. The fourth-order valence-electron chi connectivity index (χ4n) is 1.98. The molecule has 2 atom stereocenters. The van der Waals surface area contributed by atoms with Crippen molar-refractivity contribution in [3.05, 3.63) is 63.3 Å². The minimum atomic E-state index is -0.712. The maximum Gasteiger partial charge on any atom is 0.261 e. The summed E-state index contributed by atoms with van der Waals surface area (Å²) in [7, 11) is 0. The van der Waals surface area contributed by atoms with Crippen molar-refractivity contribution in [3.63, 3.8) is 0 Å². The Balaban J connectivity index is 1.98. The first-order valence-corrected chi connectivity index (χ1v) is 8.21. The molecule has 0 aliphatic rings. The van der Waals surface area contributed by atoms with Crippen molar-refractivity contribution in [1.29, 1.82) is 0 Å². The highest BCUT2D eigenvalue weighted by molar-refractivity contribution is 9.10. The van der Waals surface area contributed by atoms with Gasteiger partial charge in [-0.05, 0) is 49.7 Å². The first kappa shape index (κ1) is 17.8. The van der Waals surface area contributed by atoms with Crippen LogP contribution in [0.1, 0.15) is 25.5 Å². The number of carbonyl (C=O) groups excluding carboxylic acids is 1. The molecular formula is C17H16BrClFNO2. The predicted octanol–water partition coefficient (Wildman–Crippen LogP) is 4.89. The highest BCUT2D eigenvalue weighted by Gasteiger charge is 2.18. The molecule has 2 rings (SSSR count). The average molecular weight is 401 g/mol. The van der Waals surface area contributed by atoms with Crippen LogP contribution in [-0.4, -0.2) is 12.0 Å². The van der Waals surface area contributed by atoms with Crippen LogP contribution in [-0.2, 0) is 4.79 Å². The van der Waals surface area contributed by atoms with Gasteiger partial charge < -0.3 is 10.1 Å². The topological polar surface area (TPSA) is 38.3 Å². The number of benzene rings is 2. The number of carbonyl (C=O) groups is 1. The van der Waals surface area contributed by atoms with E-state index < -0.39 is 6.10 Å². The van der Waals surface area contributed by atoms with Gasteiger partial charge in [-0.25, -0.2) is 4.39 Å². The molecule has 0 aromatic heterocycles. The summed E-state index contributed by atoms with van der Waals surface area (Å²) in [5.74, 6) is -0.151. The lowest BCUT2D eigenvalue weighted by Crippen LogP contribution is -2.37. The number of hydrogen-bond donors (Lipinski definition) is 1. The van der Waals surface area contributed by atoms with Gasteiger partial charge in [0.25, 0.3) is 5.91 Å². The molecule has 1 N–H and O–H groups in total. The zero-order valence-electron chi connectivity index (χ0n) is 12.6. The molecule has 0 aliphatic heterocycles. The van der Waals surface area contributed by atoms with E-state index in [4.69, 9.17) is 16.3 Å². The highest BCUT2D eigenvalue weighted by atomic mass is 79.9. The Bertz CT molecular complexity index is 693. The van der Waals surface area contributed by atoms with E-state index in [0.29, 0.717) is 10.8 Å². The van der Waals surface area contributed by atoms with Crippen LogP contribution in [0.15, 0.2) is 46.9 Å². The minimum Gasteiger partial charge on any atom is -0.479 e. The van der Waals surface area contributed by atoms with Gasteiger partial charge in [0.05, 0.1) is 11.1 Å². The van der Waals surface area contributed by atoms with Crippen LogP contribution in [0.5, 0.6) is 5.75 Å². The van der Waals surface area contributed by atoms with Gasteiger partial charge in [0.2, 0.25) is 0 Å². The van der Waals surface area contributed by atoms with Crippen molar-refractivity contribution in [2.75, 3.05) is 0 Å². The largest absolute Gasteiger partial charge is 0.479 e. The van der Waals surface area contributed by atoms with Crippen molar-refractivity contribution >= 4 is 33.4 Å². The second-order valence-corrected chi connectivity index (χ2v) is 6.44. The molecule has 2 aromatic carbocycles. The molecule has 0 bridgehead atoms. The molecule has 122 valence electrons. The monoisotopic (exact) mass is 399 g/mol. The van der Waals surface area contributed by atoms with Gasteiger partial charge in [-0.2, -0.15) is 0 Å². The standard InChI is InChI=1S/C17H16BrClFNO2/c1-10(12-3-6-14(20)7-4-12)21-17(22)11(2)23-16-8-5-13(18)9-15(16)19/h3-11H,1-2H3,(H,21,22)/t10-,11+/m1/s1. The zero-order chi connectivity index (χ0) is 17.0. The van der Waals surface area contributed by atoms with E-state index in [-0.39, 0.29) is 17.8 Å². The van der Waals surface area contributed by atoms with Crippen LogP contribution in [0.3, 0.4) is 0 Å². The molecule has 0 aliphatic carbocycles. The zero-order valence-corrected chi connectivity index (χ0v) is 15.0. The molecule has 0 spiro atoms. The number of rotatable bonds is 5. The lowest BCUT2D eigenvalue weighted by atomic mass is 10.1. The van der Waals surface area contributed by atoms with E-state index in [1.165, 1.54) is 12.1 Å². The van der Waals surface area contributed by atoms with Gasteiger partial charge in [-0.15, -0.1) is 0 Å². The second-order valence-electron chi connectivity index (χ2n) is 5.12. The summed E-state index contributed by atoms with van der Waals surface area (Å²) in [6.45, 7) is 3.47. The van der Waals surface area contributed by atoms with Crippen LogP contribution in [0.4, 0.5) is 4.39 Å². The third-order valence-corrected chi connectivity index (χ3v) is 4.08. The minimum absolute atomic E-state index is 0.255. The second kappa shape index (κ2) is 7.79. The smallest absolute Gasteiger partial charge is 0.261 e. The van der Waals surface area contributed by atoms with Crippen LogP contribution in [0.2, 0.25) is 5.02 Å². The summed E-state index contributed by atoms with van der Waals surface area (Å²) in [4.78, 5) is 12.2. The van der Waals surface area contributed by atoms with E-state index in [9.17, 15) is 9.18 Å². The molecule has 0 saturated heterocycles. The maximum atomic E-state index is 12.9. The Morgan fingerprint density at radius 1 is 1.22 bits per heavy atom. The summed E-state index contributed by atoms with van der Waals surface area (Å²) in [5.41, 5.74) is 0.814. The summed E-state index contributed by atoms with van der Waals surface area (Å²) in [6.07, 6.45) is -0.712. The lowest BCUT2D eigenvalue weighted by molar-refractivity contribution is -0.127. The molecule has 0 saturated carbocycles. The SMILES string of the molecule is C[C@H](Oc1ccc(Br)cc1Cl)C(=O)N[C@H](C)c1ccc(F)cc1. The van der Waals surface area contributed by atoms with Crippen molar-refractivity contribution in [2.24, 2.45) is 0 Å². The molecule has 0 fully saturated rings. The number of hydrogen-bond acceptors (Lipinski definition) is 2. The van der Waals surface area contributed by atoms with Crippen molar-refractivity contribution in [2.45, 2.75) is 26.0 Å². The molecule has 0 radical (unpaired) electrons. The molecule has 2 aromatic rings. The van der Waals surface area contributed by atoms with Crippen LogP contribution < -0.4 is 10.1 Å². The first-order valence-electron chi connectivity index (χ1n) is 7.04. The van der Waals surface area contributed by atoms with E-state index in [1.807, 2.05) is 6.92 Å². The molecule has 1 amide bonds. The fourth-order valence-corrected chi connectivity index (χ4v) is 2.70. The van der Waals surface area contributed by atoms with Gasteiger partial charge in [-0.3, -0.25) is 4.79 Å². The number of ether oxygens (including phenoxy) is 1. The highest BCUT2D eigenvalue weighted by Crippen LogP contribution is 2.28. The number of nitrogens with one attached hydrogen (secondary N) is 1. The third-order valence-electron chi connectivity index (χ3n) is 3.30. The van der Waals surface area contributed by atoms with Crippen LogP contribution >= 0.6 is 27.5 Å². The van der Waals surface area contributed by atoms with Gasteiger partial charge in [0.1, 0.15) is 11.6 Å². The number of amides is 1. The molecule has 0 heterocycles. The average Bonchev–Trinajstić information content (AvgIpc) is 2.50. The molecule has 6 heteroatoms. The summed E-state index contributed by atoms with van der Waals surface area (Å²) >= 11 is 9.38. The quantitative estimate of drug-likeness (QED) is 0.776. The Morgan fingerprint density at radius 3 is 2.48 bits per heavy atom. The van der Waals surface area contributed by atoms with Gasteiger partial charge in [0, 0.05) is 4.47 Å². The summed E-state index contributed by atoms with van der Waals surface area (Å²) in [6, 6.07) is 10.9. The van der Waals surface area contributed by atoms with Crippen LogP contribution in [0.25, 0.3) is 0 Å². The van der Waals surface area contributed by atoms with Crippen molar-refractivity contribution in [3.8, 4) is 5.75 Å². The van der Waals surface area contributed by atoms with Crippen LogP contribution in [0, 0.1) is 5.82 Å². The Kier molecular flexibility index (Phi) is 6.02. The van der Waals surface area contributed by atoms with Crippen molar-refractivity contribution in [1.82, 2.24) is 5.32 Å². The van der Waals surface area contributed by atoms with E-state index in [2.05, 4.69) is 21.2 Å². The normalized spacial score (nSPS) is 13.3. The van der Waals surface area contributed by atoms with E-state index >= 15 is 0 Å². The molecule has 0 unspecified atom stereocenters. The van der Waals surface area contributed by atoms with E-state index in [1.54, 1.807) is 37.3 Å². The Labute approximate surface area is 147 Å². The fraction of sp³-hybridized carbons (Fsp3) is 0.235. The van der Waals surface area contributed by atoms with E-state index in [0.717, 1.165) is 10.0 Å².